The number of amides is 1. The molecule has 0 radical (unpaired) electrons. The van der Waals surface area contributed by atoms with Gasteiger partial charge in [-0.3, -0.25) is 9.78 Å². The lowest BCUT2D eigenvalue weighted by molar-refractivity contribution is 0.0954. The van der Waals surface area contributed by atoms with E-state index < -0.39 is 5.76 Å². The Labute approximate surface area is 118 Å². The van der Waals surface area contributed by atoms with Gasteiger partial charge in [0.1, 0.15) is 0 Å². The number of hydrogen-bond acceptors (Lipinski definition) is 4. The van der Waals surface area contributed by atoms with E-state index in [1.165, 1.54) is 4.88 Å². The molecule has 2 aromatic heterocycles. The fraction of sp³-hybridized carbons (Fsp3) is 0.143. The average Bonchev–Trinajstić information content (AvgIpc) is 3.05. The van der Waals surface area contributed by atoms with Gasteiger partial charge in [0.2, 0.25) is 0 Å². The minimum Gasteiger partial charge on any atom is -0.408 e. The molecule has 0 saturated heterocycles. The molecule has 20 heavy (non-hydrogen) atoms. The van der Waals surface area contributed by atoms with E-state index in [9.17, 15) is 9.59 Å². The highest BCUT2D eigenvalue weighted by Gasteiger charge is 2.08. The second-order valence-corrected chi connectivity index (χ2v) is 5.34. The number of aromatic nitrogens is 1. The molecule has 3 aromatic rings. The number of rotatable bonds is 4. The van der Waals surface area contributed by atoms with Crippen LogP contribution in [-0.4, -0.2) is 17.4 Å². The minimum absolute atomic E-state index is 0.174. The monoisotopic (exact) mass is 288 g/mol. The number of carbonyl (C=O) groups excluding carboxylic acids is 1. The number of fused-ring (bicyclic) bond motifs is 1. The van der Waals surface area contributed by atoms with Gasteiger partial charge in [-0.1, -0.05) is 6.07 Å². The summed E-state index contributed by atoms with van der Waals surface area (Å²) in [5, 5.41) is 4.86. The lowest BCUT2D eigenvalue weighted by atomic mass is 10.2. The first-order valence-electron chi connectivity index (χ1n) is 6.16. The predicted octanol–water partition coefficient (Wildman–Crippen LogP) is 2.16. The fourth-order valence-corrected chi connectivity index (χ4v) is 2.65. The third-order valence-electron chi connectivity index (χ3n) is 2.92. The molecule has 102 valence electrons. The maximum absolute atomic E-state index is 12.0. The van der Waals surface area contributed by atoms with Crippen molar-refractivity contribution in [1.82, 2.24) is 10.3 Å². The van der Waals surface area contributed by atoms with Gasteiger partial charge in [0.15, 0.2) is 5.58 Å². The molecule has 0 bridgehead atoms. The van der Waals surface area contributed by atoms with Gasteiger partial charge < -0.3 is 9.73 Å². The summed E-state index contributed by atoms with van der Waals surface area (Å²) in [5.74, 6) is -0.692. The third-order valence-corrected chi connectivity index (χ3v) is 3.86. The number of carbonyl (C=O) groups is 1. The van der Waals surface area contributed by atoms with Gasteiger partial charge in [-0.05, 0) is 36.1 Å². The van der Waals surface area contributed by atoms with E-state index in [2.05, 4.69) is 10.3 Å². The van der Waals surface area contributed by atoms with Gasteiger partial charge >= 0.3 is 5.76 Å². The number of hydrogen-bond donors (Lipinski definition) is 2. The van der Waals surface area contributed by atoms with Crippen LogP contribution in [-0.2, 0) is 6.42 Å². The summed E-state index contributed by atoms with van der Waals surface area (Å²) >= 11 is 1.67. The summed E-state index contributed by atoms with van der Waals surface area (Å²) in [6.45, 7) is 0.578. The zero-order valence-corrected chi connectivity index (χ0v) is 11.3. The van der Waals surface area contributed by atoms with Crippen LogP contribution in [0.2, 0.25) is 0 Å². The Morgan fingerprint density at radius 1 is 1.35 bits per heavy atom. The largest absolute Gasteiger partial charge is 0.417 e. The van der Waals surface area contributed by atoms with Crippen LogP contribution in [0.1, 0.15) is 15.2 Å². The SMILES string of the molecule is O=C(NCCc1cccs1)c1ccc2[nH]c(=O)oc2c1. The standard InChI is InChI=1S/C14H12N2O3S/c17-13(15-6-5-10-2-1-7-20-10)9-3-4-11-12(8-9)19-14(18)16-11/h1-4,7-8H,5-6H2,(H,15,17)(H,16,18). The van der Waals surface area contributed by atoms with Gasteiger partial charge in [0.05, 0.1) is 5.52 Å². The van der Waals surface area contributed by atoms with E-state index in [4.69, 9.17) is 4.42 Å². The molecule has 0 spiro atoms. The van der Waals surface area contributed by atoms with E-state index in [-0.39, 0.29) is 5.91 Å². The number of benzene rings is 1. The highest BCUT2D eigenvalue weighted by molar-refractivity contribution is 7.09. The van der Waals surface area contributed by atoms with Crippen molar-refractivity contribution >= 4 is 28.3 Å². The van der Waals surface area contributed by atoms with Gasteiger partial charge in [0, 0.05) is 17.0 Å². The molecule has 0 fully saturated rings. The molecule has 1 amide bonds. The highest BCUT2D eigenvalue weighted by atomic mass is 32.1. The summed E-state index contributed by atoms with van der Waals surface area (Å²) in [5.41, 5.74) is 1.46. The molecule has 0 atom stereocenters. The highest BCUT2D eigenvalue weighted by Crippen LogP contribution is 2.12. The van der Waals surface area contributed by atoms with Crippen molar-refractivity contribution in [1.29, 1.82) is 0 Å². The number of H-pyrrole nitrogens is 1. The maximum atomic E-state index is 12.0. The fourth-order valence-electron chi connectivity index (χ4n) is 1.94. The molecular formula is C14H12N2O3S. The molecule has 6 heteroatoms. The van der Waals surface area contributed by atoms with Crippen LogP contribution < -0.4 is 11.1 Å². The van der Waals surface area contributed by atoms with Crippen molar-refractivity contribution in [3.63, 3.8) is 0 Å². The molecule has 0 aliphatic carbocycles. The van der Waals surface area contributed by atoms with Crippen molar-refractivity contribution in [3.05, 3.63) is 56.7 Å². The van der Waals surface area contributed by atoms with E-state index in [1.54, 1.807) is 29.5 Å². The Kier molecular flexibility index (Phi) is 3.39. The van der Waals surface area contributed by atoms with Crippen LogP contribution in [0.15, 0.2) is 44.9 Å². The smallest absolute Gasteiger partial charge is 0.408 e. The predicted molar refractivity (Wildman–Crippen MR) is 77.2 cm³/mol. The number of nitrogens with one attached hydrogen (secondary N) is 2. The number of aromatic amines is 1. The first kappa shape index (κ1) is 12.7. The summed E-state index contributed by atoms with van der Waals surface area (Å²) in [4.78, 5) is 26.8. The van der Waals surface area contributed by atoms with Gasteiger partial charge in [0.25, 0.3) is 5.91 Å². The topological polar surface area (TPSA) is 75.1 Å². The molecule has 5 nitrogen and oxygen atoms in total. The van der Waals surface area contributed by atoms with Crippen LogP contribution in [0.25, 0.3) is 11.1 Å². The minimum atomic E-state index is -0.518. The van der Waals surface area contributed by atoms with Crippen molar-refractivity contribution in [2.75, 3.05) is 6.54 Å². The lowest BCUT2D eigenvalue weighted by Crippen LogP contribution is -2.25. The van der Waals surface area contributed by atoms with Crippen molar-refractivity contribution in [2.24, 2.45) is 0 Å². The van der Waals surface area contributed by atoms with Crippen LogP contribution >= 0.6 is 11.3 Å². The van der Waals surface area contributed by atoms with Crippen molar-refractivity contribution in [3.8, 4) is 0 Å². The van der Waals surface area contributed by atoms with Crippen LogP contribution in [0.5, 0.6) is 0 Å². The van der Waals surface area contributed by atoms with Crippen molar-refractivity contribution < 1.29 is 9.21 Å². The lowest BCUT2D eigenvalue weighted by Gasteiger charge is -2.04. The Bertz CT molecular complexity index is 786. The second-order valence-electron chi connectivity index (χ2n) is 4.31. The molecule has 0 saturated carbocycles. The molecule has 0 aliphatic heterocycles. The van der Waals surface area contributed by atoms with E-state index >= 15 is 0 Å². The van der Waals surface area contributed by atoms with E-state index in [0.717, 1.165) is 6.42 Å². The van der Waals surface area contributed by atoms with Gasteiger partial charge in [-0.15, -0.1) is 11.3 Å². The van der Waals surface area contributed by atoms with Crippen LogP contribution in [0, 0.1) is 0 Å². The molecule has 0 unspecified atom stereocenters. The molecule has 0 aliphatic rings. The zero-order valence-electron chi connectivity index (χ0n) is 10.5. The Morgan fingerprint density at radius 3 is 3.05 bits per heavy atom. The summed E-state index contributed by atoms with van der Waals surface area (Å²) in [7, 11) is 0. The summed E-state index contributed by atoms with van der Waals surface area (Å²) in [6.07, 6.45) is 0.810. The van der Waals surface area contributed by atoms with Crippen LogP contribution in [0.4, 0.5) is 0 Å². The molecular weight excluding hydrogens is 276 g/mol. The quantitative estimate of drug-likeness (QED) is 0.772. The Hall–Kier alpha value is -2.34. The van der Waals surface area contributed by atoms with Gasteiger partial charge in [-0.25, -0.2) is 4.79 Å². The third kappa shape index (κ3) is 2.65. The average molecular weight is 288 g/mol. The Balaban J connectivity index is 1.67. The zero-order chi connectivity index (χ0) is 13.9. The van der Waals surface area contributed by atoms with Crippen LogP contribution in [0.3, 0.4) is 0 Å². The number of thiophene rings is 1. The molecule has 2 N–H and O–H groups in total. The van der Waals surface area contributed by atoms with E-state index in [1.807, 2.05) is 17.5 Å². The second kappa shape index (κ2) is 5.34. The first-order chi connectivity index (χ1) is 9.72. The first-order valence-corrected chi connectivity index (χ1v) is 7.04. The van der Waals surface area contributed by atoms with E-state index in [0.29, 0.717) is 23.2 Å². The Morgan fingerprint density at radius 2 is 2.25 bits per heavy atom. The summed E-state index contributed by atoms with van der Waals surface area (Å²) < 4.78 is 4.93. The molecule has 3 rings (SSSR count). The van der Waals surface area contributed by atoms with Gasteiger partial charge in [-0.2, -0.15) is 0 Å². The summed E-state index contributed by atoms with van der Waals surface area (Å²) in [6, 6.07) is 8.91. The molecule has 2 heterocycles. The number of oxazole rings is 1. The maximum Gasteiger partial charge on any atom is 0.417 e. The normalized spacial score (nSPS) is 10.8. The molecule has 1 aromatic carbocycles. The van der Waals surface area contributed by atoms with Crippen molar-refractivity contribution in [2.45, 2.75) is 6.42 Å².